The molecule has 0 saturated carbocycles. The van der Waals surface area contributed by atoms with Gasteiger partial charge in [-0.1, -0.05) is 19.1 Å². The first-order valence-electron chi connectivity index (χ1n) is 8.17. The molecule has 1 aliphatic heterocycles. The highest BCUT2D eigenvalue weighted by molar-refractivity contribution is 5.28. The molecule has 1 saturated heterocycles. The van der Waals surface area contributed by atoms with Gasteiger partial charge in [0.05, 0.1) is 13.3 Å². The summed E-state index contributed by atoms with van der Waals surface area (Å²) in [5.41, 5.74) is 4.03. The van der Waals surface area contributed by atoms with Gasteiger partial charge in [0.25, 0.3) is 0 Å². The summed E-state index contributed by atoms with van der Waals surface area (Å²) < 4.78 is 5.32. The third-order valence-electron chi connectivity index (χ3n) is 4.59. The molecule has 1 N–H and O–H groups in total. The average molecular weight is 299 g/mol. The second-order valence-corrected chi connectivity index (χ2v) is 6.09. The van der Waals surface area contributed by atoms with Crippen LogP contribution in [0.2, 0.25) is 0 Å². The van der Waals surface area contributed by atoms with Crippen LogP contribution in [0.5, 0.6) is 5.75 Å². The number of methoxy groups -OCH3 is 1. The van der Waals surface area contributed by atoms with Crippen molar-refractivity contribution in [3.63, 3.8) is 0 Å². The van der Waals surface area contributed by atoms with Crippen molar-refractivity contribution >= 4 is 0 Å². The van der Waals surface area contributed by atoms with E-state index in [4.69, 9.17) is 4.74 Å². The number of hydrogen-bond acceptors (Lipinski definition) is 3. The number of aryl methyl sites for hydroxylation is 1. The van der Waals surface area contributed by atoms with Crippen molar-refractivity contribution in [2.75, 3.05) is 20.2 Å². The highest BCUT2D eigenvalue weighted by Gasteiger charge is 2.24. The van der Waals surface area contributed by atoms with Crippen molar-refractivity contribution < 1.29 is 4.74 Å². The first-order chi connectivity index (χ1) is 10.8. The molecule has 1 aliphatic rings. The van der Waals surface area contributed by atoms with Crippen LogP contribution in [0, 0.1) is 0 Å². The lowest BCUT2D eigenvalue weighted by atomic mass is 9.91. The molecule has 4 nitrogen and oxygen atoms in total. The molecule has 0 bridgehead atoms. The smallest absolute Gasteiger partial charge is 0.119 e. The van der Waals surface area contributed by atoms with Crippen LogP contribution in [0.15, 0.2) is 30.5 Å². The lowest BCUT2D eigenvalue weighted by Crippen LogP contribution is -2.34. The third-order valence-corrected chi connectivity index (χ3v) is 4.59. The molecule has 1 fully saturated rings. The van der Waals surface area contributed by atoms with Crippen molar-refractivity contribution in [1.82, 2.24) is 15.1 Å². The molecular formula is C18H25N3O. The fraction of sp³-hybridized carbons (Fsp3) is 0.500. The summed E-state index contributed by atoms with van der Waals surface area (Å²) in [6, 6.07) is 8.39. The molecule has 2 aromatic rings. The molecule has 0 spiro atoms. The zero-order valence-corrected chi connectivity index (χ0v) is 13.5. The van der Waals surface area contributed by atoms with E-state index in [9.17, 15) is 0 Å². The summed E-state index contributed by atoms with van der Waals surface area (Å²) in [4.78, 5) is 2.54. The van der Waals surface area contributed by atoms with Crippen molar-refractivity contribution in [1.29, 1.82) is 0 Å². The minimum atomic E-state index is 0.580. The normalized spacial score (nSPS) is 19.3. The van der Waals surface area contributed by atoms with Gasteiger partial charge >= 0.3 is 0 Å². The van der Waals surface area contributed by atoms with Crippen molar-refractivity contribution in [3.8, 4) is 5.75 Å². The first-order valence-corrected chi connectivity index (χ1v) is 8.17. The Morgan fingerprint density at radius 1 is 1.41 bits per heavy atom. The van der Waals surface area contributed by atoms with Crippen LogP contribution in [0.1, 0.15) is 42.5 Å². The summed E-state index contributed by atoms with van der Waals surface area (Å²) >= 11 is 0. The number of ether oxygens (including phenoxy) is 1. The van der Waals surface area contributed by atoms with Gasteiger partial charge in [-0.25, -0.2) is 0 Å². The van der Waals surface area contributed by atoms with Gasteiger partial charge in [0.15, 0.2) is 0 Å². The highest BCUT2D eigenvalue weighted by Crippen LogP contribution is 2.29. The first kappa shape index (κ1) is 15.1. The number of hydrogen-bond donors (Lipinski definition) is 1. The van der Waals surface area contributed by atoms with Gasteiger partial charge in [-0.05, 0) is 49.1 Å². The number of nitrogens with zero attached hydrogens (tertiary/aromatic N) is 2. The second kappa shape index (κ2) is 6.97. The maximum Gasteiger partial charge on any atom is 0.119 e. The number of aromatic amines is 1. The number of nitrogens with one attached hydrogen (secondary N) is 1. The third kappa shape index (κ3) is 3.33. The van der Waals surface area contributed by atoms with Crippen molar-refractivity contribution in [2.24, 2.45) is 0 Å². The maximum absolute atomic E-state index is 5.32. The summed E-state index contributed by atoms with van der Waals surface area (Å²) in [7, 11) is 1.72. The Morgan fingerprint density at radius 3 is 3.14 bits per heavy atom. The molecule has 118 valence electrons. The summed E-state index contributed by atoms with van der Waals surface area (Å²) in [6.07, 6.45) is 5.54. The van der Waals surface area contributed by atoms with Crippen LogP contribution in [0.4, 0.5) is 0 Å². The summed E-state index contributed by atoms with van der Waals surface area (Å²) in [5.74, 6) is 1.52. The fourth-order valence-electron chi connectivity index (χ4n) is 3.42. The van der Waals surface area contributed by atoms with Gasteiger partial charge in [-0.3, -0.25) is 10.00 Å². The quantitative estimate of drug-likeness (QED) is 0.920. The summed E-state index contributed by atoms with van der Waals surface area (Å²) in [5, 5.41) is 7.47. The van der Waals surface area contributed by atoms with Crippen molar-refractivity contribution in [2.45, 2.75) is 38.6 Å². The van der Waals surface area contributed by atoms with E-state index in [1.165, 1.54) is 36.2 Å². The van der Waals surface area contributed by atoms with Crippen LogP contribution in [0.3, 0.4) is 0 Å². The molecule has 1 aromatic heterocycles. The van der Waals surface area contributed by atoms with E-state index in [-0.39, 0.29) is 0 Å². The average Bonchev–Trinajstić information content (AvgIpc) is 3.04. The Kier molecular flexibility index (Phi) is 4.78. The largest absolute Gasteiger partial charge is 0.497 e. The zero-order valence-electron chi connectivity index (χ0n) is 13.5. The second-order valence-electron chi connectivity index (χ2n) is 6.09. The van der Waals surface area contributed by atoms with Gasteiger partial charge in [0.1, 0.15) is 5.75 Å². The molecule has 1 aromatic carbocycles. The Labute approximate surface area is 132 Å². The highest BCUT2D eigenvalue weighted by atomic mass is 16.5. The Balaban J connectivity index is 1.68. The summed E-state index contributed by atoms with van der Waals surface area (Å²) in [6.45, 7) is 5.46. The maximum atomic E-state index is 5.32. The monoisotopic (exact) mass is 299 g/mol. The molecule has 0 aliphatic carbocycles. The number of piperidine rings is 1. The van der Waals surface area contributed by atoms with E-state index in [0.717, 1.165) is 25.3 Å². The Morgan fingerprint density at radius 2 is 2.32 bits per heavy atom. The number of aromatic nitrogens is 2. The molecule has 2 heterocycles. The molecule has 0 amide bonds. The minimum absolute atomic E-state index is 0.580. The molecule has 0 unspecified atom stereocenters. The molecule has 3 rings (SSSR count). The molecule has 4 heteroatoms. The van der Waals surface area contributed by atoms with Crippen LogP contribution in [-0.2, 0) is 13.0 Å². The van der Waals surface area contributed by atoms with E-state index in [0.29, 0.717) is 5.92 Å². The van der Waals surface area contributed by atoms with E-state index in [1.54, 1.807) is 7.11 Å². The SMILES string of the molecule is CCc1cn[nH]c1[C@H]1CCCN(Cc2cccc(OC)c2)C1. The standard InChI is InChI=1S/C18H25N3O/c1-3-15-11-19-20-18(15)16-7-5-9-21(13-16)12-14-6-4-8-17(10-14)22-2/h4,6,8,10-11,16H,3,5,7,9,12-13H2,1-2H3,(H,19,20)/t16-/m0/s1. The van der Waals surface area contributed by atoms with Gasteiger partial charge in [0, 0.05) is 24.7 Å². The van der Waals surface area contributed by atoms with Crippen molar-refractivity contribution in [3.05, 3.63) is 47.3 Å². The number of H-pyrrole nitrogens is 1. The Hall–Kier alpha value is -1.81. The molecule has 1 atom stereocenters. The van der Waals surface area contributed by atoms with Gasteiger partial charge < -0.3 is 4.74 Å². The number of likely N-dealkylation sites (tertiary alicyclic amines) is 1. The topological polar surface area (TPSA) is 41.2 Å². The molecular weight excluding hydrogens is 274 g/mol. The Bertz CT molecular complexity index is 608. The number of benzene rings is 1. The van der Waals surface area contributed by atoms with E-state index < -0.39 is 0 Å². The molecule has 22 heavy (non-hydrogen) atoms. The fourth-order valence-corrected chi connectivity index (χ4v) is 3.42. The van der Waals surface area contributed by atoms with Crippen LogP contribution in [0.25, 0.3) is 0 Å². The predicted octanol–water partition coefficient (Wildman–Crippen LogP) is 3.36. The van der Waals surface area contributed by atoms with Gasteiger partial charge in [-0.15, -0.1) is 0 Å². The van der Waals surface area contributed by atoms with E-state index >= 15 is 0 Å². The molecule has 0 radical (unpaired) electrons. The number of rotatable bonds is 5. The zero-order chi connectivity index (χ0) is 15.4. The van der Waals surface area contributed by atoms with E-state index in [2.05, 4.69) is 40.2 Å². The van der Waals surface area contributed by atoms with Gasteiger partial charge in [0.2, 0.25) is 0 Å². The minimum Gasteiger partial charge on any atom is -0.497 e. The van der Waals surface area contributed by atoms with Crippen LogP contribution < -0.4 is 4.74 Å². The lowest BCUT2D eigenvalue weighted by Gasteiger charge is -2.32. The van der Waals surface area contributed by atoms with E-state index in [1.807, 2.05) is 12.3 Å². The van der Waals surface area contributed by atoms with Gasteiger partial charge in [-0.2, -0.15) is 5.10 Å². The van der Waals surface area contributed by atoms with Crippen LogP contribution in [-0.4, -0.2) is 35.3 Å². The lowest BCUT2D eigenvalue weighted by molar-refractivity contribution is 0.198. The van der Waals surface area contributed by atoms with Crippen LogP contribution >= 0.6 is 0 Å². The predicted molar refractivity (Wildman–Crippen MR) is 88.2 cm³/mol.